The maximum atomic E-state index is 13.0. The van der Waals surface area contributed by atoms with Crippen LogP contribution in [-0.4, -0.2) is 20.7 Å². The monoisotopic (exact) mass is 396 g/mol. The summed E-state index contributed by atoms with van der Waals surface area (Å²) >= 11 is 3.47. The summed E-state index contributed by atoms with van der Waals surface area (Å²) in [6.45, 7) is 0. The first-order valence-electron chi connectivity index (χ1n) is 8.25. The van der Waals surface area contributed by atoms with Gasteiger partial charge in [-0.1, -0.05) is 40.2 Å². The van der Waals surface area contributed by atoms with Crippen LogP contribution >= 0.6 is 15.9 Å². The molecule has 1 aromatic heterocycles. The molecule has 1 atom stereocenters. The second-order valence-electron chi connectivity index (χ2n) is 6.13. The first kappa shape index (κ1) is 16.0. The Labute approximate surface area is 154 Å². The van der Waals surface area contributed by atoms with Gasteiger partial charge in [-0.15, -0.1) is 0 Å². The molecule has 1 aliphatic rings. The van der Waals surface area contributed by atoms with E-state index in [4.69, 9.17) is 0 Å². The lowest BCUT2D eigenvalue weighted by Crippen LogP contribution is -2.25. The zero-order valence-electron chi connectivity index (χ0n) is 13.5. The van der Waals surface area contributed by atoms with E-state index >= 15 is 0 Å². The Hall–Kier alpha value is -2.47. The molecule has 126 valence electrons. The number of amides is 1. The van der Waals surface area contributed by atoms with Crippen molar-refractivity contribution in [2.45, 2.75) is 25.2 Å². The number of carbonyl (C=O) groups excluding carboxylic acids is 1. The Morgan fingerprint density at radius 2 is 2.12 bits per heavy atom. The van der Waals surface area contributed by atoms with Crippen LogP contribution in [0.5, 0.6) is 0 Å². The first-order chi connectivity index (χ1) is 12.2. The van der Waals surface area contributed by atoms with Gasteiger partial charge in [0.15, 0.2) is 0 Å². The Balaban J connectivity index is 1.65. The predicted molar refractivity (Wildman–Crippen MR) is 99.8 cm³/mol. The molecule has 1 N–H and O–H groups in total. The van der Waals surface area contributed by atoms with E-state index in [2.05, 4.69) is 43.5 Å². The van der Waals surface area contributed by atoms with Crippen LogP contribution in [0.1, 0.15) is 29.9 Å². The maximum absolute atomic E-state index is 13.0. The van der Waals surface area contributed by atoms with E-state index < -0.39 is 0 Å². The summed E-state index contributed by atoms with van der Waals surface area (Å²) in [5.74, 6) is -0.0980. The van der Waals surface area contributed by atoms with Gasteiger partial charge in [0, 0.05) is 4.47 Å². The minimum Gasteiger partial charge on any atom is -0.324 e. The molecular formula is C19H17BrN4O. The molecule has 3 aromatic rings. The molecule has 1 aliphatic carbocycles. The molecule has 0 spiro atoms. The Morgan fingerprint density at radius 3 is 2.96 bits per heavy atom. The van der Waals surface area contributed by atoms with Crippen molar-refractivity contribution in [1.29, 1.82) is 0 Å². The van der Waals surface area contributed by atoms with Crippen LogP contribution in [-0.2, 0) is 11.2 Å². The van der Waals surface area contributed by atoms with E-state index in [0.717, 1.165) is 35.0 Å². The second-order valence-corrected chi connectivity index (χ2v) is 7.05. The third kappa shape index (κ3) is 3.22. The normalized spacial score (nSPS) is 16.3. The molecule has 6 heteroatoms. The zero-order chi connectivity index (χ0) is 17.2. The van der Waals surface area contributed by atoms with E-state index in [1.165, 1.54) is 11.9 Å². The predicted octanol–water partition coefficient (Wildman–Crippen LogP) is 4.09. The Bertz CT molecular complexity index is 908. The van der Waals surface area contributed by atoms with E-state index in [1.54, 1.807) is 11.0 Å². The number of carbonyl (C=O) groups is 1. The van der Waals surface area contributed by atoms with Crippen molar-refractivity contribution >= 4 is 27.5 Å². The zero-order valence-corrected chi connectivity index (χ0v) is 15.1. The molecule has 0 aliphatic heterocycles. The van der Waals surface area contributed by atoms with E-state index in [0.29, 0.717) is 5.69 Å². The van der Waals surface area contributed by atoms with Gasteiger partial charge in [0.1, 0.15) is 12.7 Å². The summed E-state index contributed by atoms with van der Waals surface area (Å²) in [4.78, 5) is 17.0. The number of anilines is 1. The minimum atomic E-state index is -0.118. The topological polar surface area (TPSA) is 59.8 Å². The minimum absolute atomic E-state index is 0.0200. The molecule has 1 heterocycles. The molecule has 4 rings (SSSR count). The standard InChI is InChI=1S/C19H17BrN4O/c20-14-8-9-18(24-12-21-11-22-24)17(10-14)23-19(25)16-7-3-5-13-4-1-2-6-15(13)16/h1-2,4,6,8-12,16H,3,5,7H2,(H,23,25). The average Bonchev–Trinajstić information content (AvgIpc) is 3.15. The van der Waals surface area contributed by atoms with Crippen LogP contribution in [0, 0.1) is 0 Å². The molecule has 0 bridgehead atoms. The highest BCUT2D eigenvalue weighted by molar-refractivity contribution is 9.10. The lowest BCUT2D eigenvalue weighted by molar-refractivity contribution is -0.117. The lowest BCUT2D eigenvalue weighted by Gasteiger charge is -2.25. The van der Waals surface area contributed by atoms with Crippen molar-refractivity contribution in [3.8, 4) is 5.69 Å². The van der Waals surface area contributed by atoms with Crippen molar-refractivity contribution in [3.05, 3.63) is 70.7 Å². The van der Waals surface area contributed by atoms with Crippen LogP contribution in [0.25, 0.3) is 5.69 Å². The van der Waals surface area contributed by atoms with Crippen LogP contribution in [0.3, 0.4) is 0 Å². The molecule has 0 saturated carbocycles. The smallest absolute Gasteiger partial charge is 0.231 e. The summed E-state index contributed by atoms with van der Waals surface area (Å²) in [6, 6.07) is 13.9. The summed E-state index contributed by atoms with van der Waals surface area (Å²) in [5.41, 5.74) is 3.93. The fourth-order valence-corrected chi connectivity index (χ4v) is 3.75. The fourth-order valence-electron chi connectivity index (χ4n) is 3.39. The van der Waals surface area contributed by atoms with Gasteiger partial charge in [-0.3, -0.25) is 4.79 Å². The second kappa shape index (κ2) is 6.80. The molecule has 5 nitrogen and oxygen atoms in total. The van der Waals surface area contributed by atoms with E-state index in [1.807, 2.05) is 30.3 Å². The largest absolute Gasteiger partial charge is 0.324 e. The number of aromatic nitrogens is 3. The average molecular weight is 397 g/mol. The number of benzene rings is 2. The third-order valence-corrected chi connectivity index (χ3v) is 5.06. The van der Waals surface area contributed by atoms with Gasteiger partial charge < -0.3 is 5.32 Å². The number of halogens is 1. The fraction of sp³-hybridized carbons (Fsp3) is 0.211. The van der Waals surface area contributed by atoms with Gasteiger partial charge in [0.05, 0.1) is 17.3 Å². The number of aryl methyl sites for hydroxylation is 1. The first-order valence-corrected chi connectivity index (χ1v) is 9.05. The number of nitrogens with zero attached hydrogens (tertiary/aromatic N) is 3. The van der Waals surface area contributed by atoms with Crippen molar-refractivity contribution in [3.63, 3.8) is 0 Å². The van der Waals surface area contributed by atoms with Gasteiger partial charge in [0.2, 0.25) is 5.91 Å². The highest BCUT2D eigenvalue weighted by Crippen LogP contribution is 2.33. The Morgan fingerprint density at radius 1 is 1.24 bits per heavy atom. The van der Waals surface area contributed by atoms with Crippen molar-refractivity contribution in [1.82, 2.24) is 14.8 Å². The van der Waals surface area contributed by atoms with Crippen molar-refractivity contribution in [2.75, 3.05) is 5.32 Å². The third-order valence-electron chi connectivity index (χ3n) is 4.57. The summed E-state index contributed by atoms with van der Waals surface area (Å²) < 4.78 is 2.55. The number of hydrogen-bond acceptors (Lipinski definition) is 3. The van der Waals surface area contributed by atoms with E-state index in [9.17, 15) is 4.79 Å². The van der Waals surface area contributed by atoms with Crippen LogP contribution in [0.15, 0.2) is 59.6 Å². The Kier molecular flexibility index (Phi) is 4.36. The van der Waals surface area contributed by atoms with Crippen LogP contribution < -0.4 is 5.32 Å². The van der Waals surface area contributed by atoms with Gasteiger partial charge in [-0.05, 0) is 48.6 Å². The summed E-state index contributed by atoms with van der Waals surface area (Å²) in [7, 11) is 0. The molecule has 2 aromatic carbocycles. The molecule has 0 radical (unpaired) electrons. The van der Waals surface area contributed by atoms with Gasteiger partial charge in [0.25, 0.3) is 0 Å². The van der Waals surface area contributed by atoms with Crippen molar-refractivity contribution in [2.24, 2.45) is 0 Å². The number of fused-ring (bicyclic) bond motifs is 1. The molecular weight excluding hydrogens is 380 g/mol. The highest BCUT2D eigenvalue weighted by atomic mass is 79.9. The van der Waals surface area contributed by atoms with E-state index in [-0.39, 0.29) is 11.8 Å². The number of rotatable bonds is 3. The van der Waals surface area contributed by atoms with Gasteiger partial charge >= 0.3 is 0 Å². The number of hydrogen-bond donors (Lipinski definition) is 1. The quantitative estimate of drug-likeness (QED) is 0.724. The molecule has 0 saturated heterocycles. The number of nitrogens with one attached hydrogen (secondary N) is 1. The lowest BCUT2D eigenvalue weighted by atomic mass is 9.82. The molecule has 0 fully saturated rings. The molecule has 1 amide bonds. The SMILES string of the molecule is O=C(Nc1cc(Br)ccc1-n1cncn1)C1CCCc2ccccc21. The van der Waals surface area contributed by atoms with Gasteiger partial charge in [-0.25, -0.2) is 9.67 Å². The maximum Gasteiger partial charge on any atom is 0.231 e. The molecule has 25 heavy (non-hydrogen) atoms. The highest BCUT2D eigenvalue weighted by Gasteiger charge is 2.26. The van der Waals surface area contributed by atoms with Crippen LogP contribution in [0.2, 0.25) is 0 Å². The van der Waals surface area contributed by atoms with Crippen LogP contribution in [0.4, 0.5) is 5.69 Å². The van der Waals surface area contributed by atoms with Gasteiger partial charge in [-0.2, -0.15) is 5.10 Å². The molecule has 1 unspecified atom stereocenters. The summed E-state index contributed by atoms with van der Waals surface area (Å²) in [6.07, 6.45) is 6.04. The van der Waals surface area contributed by atoms with Crippen molar-refractivity contribution < 1.29 is 4.79 Å². The summed E-state index contributed by atoms with van der Waals surface area (Å²) in [5, 5.41) is 7.26.